The summed E-state index contributed by atoms with van der Waals surface area (Å²) in [6.45, 7) is 7.13. The second kappa shape index (κ2) is 7.60. The van der Waals surface area contributed by atoms with Crippen molar-refractivity contribution >= 4 is 0 Å². The predicted molar refractivity (Wildman–Crippen MR) is 94.6 cm³/mol. The molecule has 2 aromatic rings. The Kier molecular flexibility index (Phi) is 5.47. The number of aromatic nitrogens is 3. The molecule has 25 heavy (non-hydrogen) atoms. The smallest absolute Gasteiger partial charge is 0.145 e. The van der Waals surface area contributed by atoms with Gasteiger partial charge in [-0.05, 0) is 51.2 Å². The van der Waals surface area contributed by atoms with E-state index in [0.29, 0.717) is 25.1 Å². The number of alkyl halides is 1. The first-order valence-corrected chi connectivity index (χ1v) is 9.05. The van der Waals surface area contributed by atoms with Gasteiger partial charge in [0.05, 0.1) is 17.1 Å². The molecule has 4 nitrogen and oxygen atoms in total. The van der Waals surface area contributed by atoms with Gasteiger partial charge in [0.25, 0.3) is 0 Å². The van der Waals surface area contributed by atoms with Crippen LogP contribution in [0.2, 0.25) is 0 Å². The molecular weight excluding hydrogens is 322 g/mol. The van der Waals surface area contributed by atoms with Gasteiger partial charge in [-0.3, -0.25) is 9.67 Å². The van der Waals surface area contributed by atoms with Crippen molar-refractivity contribution in [1.82, 2.24) is 20.1 Å². The van der Waals surface area contributed by atoms with Crippen LogP contribution < -0.4 is 5.32 Å². The monoisotopic (exact) mass is 348 g/mol. The lowest BCUT2D eigenvalue weighted by Crippen LogP contribution is -2.26. The highest BCUT2D eigenvalue weighted by atomic mass is 19.1. The van der Waals surface area contributed by atoms with E-state index in [1.165, 1.54) is 6.07 Å². The SMILES string of the molecule is CCCn1nc(CN[C@H]2CC[C@@H](F)C2)c(C)c1-c1cnc(C)c(F)c1. The fraction of sp³-hybridized carbons (Fsp3) is 0.579. The fourth-order valence-corrected chi connectivity index (χ4v) is 3.50. The van der Waals surface area contributed by atoms with Gasteiger partial charge in [-0.15, -0.1) is 0 Å². The summed E-state index contributed by atoms with van der Waals surface area (Å²) in [5, 5.41) is 8.14. The highest BCUT2D eigenvalue weighted by Gasteiger charge is 2.24. The largest absolute Gasteiger partial charge is 0.308 e. The second-order valence-electron chi connectivity index (χ2n) is 6.92. The van der Waals surface area contributed by atoms with Crippen molar-refractivity contribution in [3.8, 4) is 11.3 Å². The molecule has 0 spiro atoms. The Morgan fingerprint density at radius 1 is 1.32 bits per heavy atom. The summed E-state index contributed by atoms with van der Waals surface area (Å²) < 4.78 is 29.2. The molecule has 2 heterocycles. The molecule has 0 unspecified atom stereocenters. The number of rotatable bonds is 6. The zero-order valence-electron chi connectivity index (χ0n) is 15.1. The van der Waals surface area contributed by atoms with E-state index < -0.39 is 6.17 Å². The molecule has 0 amide bonds. The molecule has 2 atom stereocenters. The number of pyridine rings is 1. The molecule has 3 rings (SSSR count). The van der Waals surface area contributed by atoms with Gasteiger partial charge in [-0.1, -0.05) is 6.92 Å². The van der Waals surface area contributed by atoms with Gasteiger partial charge in [-0.25, -0.2) is 8.78 Å². The van der Waals surface area contributed by atoms with E-state index in [0.717, 1.165) is 41.9 Å². The first kappa shape index (κ1) is 18.0. The quantitative estimate of drug-likeness (QED) is 0.855. The van der Waals surface area contributed by atoms with E-state index in [2.05, 4.69) is 17.2 Å². The number of hydrogen-bond donors (Lipinski definition) is 1. The van der Waals surface area contributed by atoms with Crippen molar-refractivity contribution in [2.45, 2.75) is 71.8 Å². The van der Waals surface area contributed by atoms with E-state index in [-0.39, 0.29) is 11.9 Å². The summed E-state index contributed by atoms with van der Waals surface area (Å²) in [5.74, 6) is -0.305. The Balaban J connectivity index is 1.86. The Morgan fingerprint density at radius 3 is 2.76 bits per heavy atom. The van der Waals surface area contributed by atoms with Crippen LogP contribution in [0.3, 0.4) is 0 Å². The standard InChI is InChI=1S/C19H26F2N4/c1-4-7-25-19(14-8-17(21)13(3)22-10-14)12(2)18(24-25)11-23-16-6-5-15(20)9-16/h8,10,15-16,23H,4-7,9,11H2,1-3H3/t15-,16+/m1/s1. The first-order valence-electron chi connectivity index (χ1n) is 9.05. The number of nitrogens with one attached hydrogen (secondary N) is 1. The van der Waals surface area contributed by atoms with Crippen LogP contribution in [0.4, 0.5) is 8.78 Å². The van der Waals surface area contributed by atoms with Crippen molar-refractivity contribution in [3.05, 3.63) is 35.0 Å². The van der Waals surface area contributed by atoms with E-state index >= 15 is 0 Å². The van der Waals surface area contributed by atoms with Gasteiger partial charge >= 0.3 is 0 Å². The molecule has 136 valence electrons. The number of nitrogens with zero attached hydrogens (tertiary/aromatic N) is 3. The number of halogens is 2. The van der Waals surface area contributed by atoms with Gasteiger partial charge in [0.1, 0.15) is 12.0 Å². The number of hydrogen-bond acceptors (Lipinski definition) is 3. The average molecular weight is 348 g/mol. The molecule has 1 N–H and O–H groups in total. The minimum absolute atomic E-state index is 0.215. The van der Waals surface area contributed by atoms with Gasteiger partial charge in [0, 0.05) is 30.9 Å². The van der Waals surface area contributed by atoms with Crippen LogP contribution in [-0.2, 0) is 13.1 Å². The topological polar surface area (TPSA) is 42.7 Å². The molecule has 0 radical (unpaired) electrons. The number of aryl methyl sites for hydroxylation is 2. The van der Waals surface area contributed by atoms with Crippen molar-refractivity contribution in [3.63, 3.8) is 0 Å². The summed E-state index contributed by atoms with van der Waals surface area (Å²) in [5.41, 5.74) is 4.02. The Labute approximate surface area is 147 Å². The fourth-order valence-electron chi connectivity index (χ4n) is 3.50. The Morgan fingerprint density at radius 2 is 2.12 bits per heavy atom. The van der Waals surface area contributed by atoms with Gasteiger partial charge in [0.2, 0.25) is 0 Å². The Bertz CT molecular complexity index is 741. The summed E-state index contributed by atoms with van der Waals surface area (Å²) in [4.78, 5) is 4.15. The maximum atomic E-state index is 14.0. The summed E-state index contributed by atoms with van der Waals surface area (Å²) in [7, 11) is 0. The van der Waals surface area contributed by atoms with Crippen molar-refractivity contribution < 1.29 is 8.78 Å². The summed E-state index contributed by atoms with van der Waals surface area (Å²) in [6, 6.07) is 1.74. The third-order valence-corrected chi connectivity index (χ3v) is 4.95. The molecule has 0 saturated heterocycles. The van der Waals surface area contributed by atoms with Gasteiger partial charge < -0.3 is 5.32 Å². The molecule has 1 aliphatic carbocycles. The van der Waals surface area contributed by atoms with Crippen LogP contribution in [0, 0.1) is 19.7 Å². The van der Waals surface area contributed by atoms with Crippen LogP contribution in [-0.4, -0.2) is 27.0 Å². The maximum Gasteiger partial charge on any atom is 0.145 e. The lowest BCUT2D eigenvalue weighted by Gasteiger charge is -2.10. The third kappa shape index (κ3) is 3.89. The molecule has 0 aromatic carbocycles. The van der Waals surface area contributed by atoms with Crippen LogP contribution >= 0.6 is 0 Å². The molecule has 2 aromatic heterocycles. The van der Waals surface area contributed by atoms with Crippen molar-refractivity contribution in [1.29, 1.82) is 0 Å². The zero-order chi connectivity index (χ0) is 18.0. The lowest BCUT2D eigenvalue weighted by molar-refractivity contribution is 0.333. The second-order valence-corrected chi connectivity index (χ2v) is 6.92. The summed E-state index contributed by atoms with van der Waals surface area (Å²) >= 11 is 0. The minimum atomic E-state index is -0.687. The third-order valence-electron chi connectivity index (χ3n) is 4.95. The molecule has 6 heteroatoms. The van der Waals surface area contributed by atoms with Crippen molar-refractivity contribution in [2.24, 2.45) is 0 Å². The van der Waals surface area contributed by atoms with E-state index in [1.54, 1.807) is 13.1 Å². The van der Waals surface area contributed by atoms with Crippen LogP contribution in [0.1, 0.15) is 49.6 Å². The van der Waals surface area contributed by atoms with Gasteiger partial charge in [0.15, 0.2) is 0 Å². The predicted octanol–water partition coefficient (Wildman–Crippen LogP) is 4.09. The van der Waals surface area contributed by atoms with E-state index in [9.17, 15) is 8.78 Å². The van der Waals surface area contributed by atoms with E-state index in [4.69, 9.17) is 5.10 Å². The first-order chi connectivity index (χ1) is 12.0. The zero-order valence-corrected chi connectivity index (χ0v) is 15.1. The minimum Gasteiger partial charge on any atom is -0.308 e. The molecule has 1 fully saturated rings. The lowest BCUT2D eigenvalue weighted by atomic mass is 10.1. The molecule has 0 aliphatic heterocycles. The normalized spacial score (nSPS) is 20.4. The highest BCUT2D eigenvalue weighted by Crippen LogP contribution is 2.28. The Hall–Kier alpha value is -1.82. The highest BCUT2D eigenvalue weighted by molar-refractivity contribution is 5.63. The average Bonchev–Trinajstić information content (AvgIpc) is 3.12. The molecule has 1 saturated carbocycles. The maximum absolute atomic E-state index is 14.0. The summed E-state index contributed by atoms with van der Waals surface area (Å²) in [6.07, 6.45) is 4.05. The molecular formula is C19H26F2N4. The van der Waals surface area contributed by atoms with Crippen LogP contribution in [0.25, 0.3) is 11.3 Å². The van der Waals surface area contributed by atoms with Crippen LogP contribution in [0.15, 0.2) is 12.3 Å². The van der Waals surface area contributed by atoms with Crippen molar-refractivity contribution in [2.75, 3.05) is 0 Å². The van der Waals surface area contributed by atoms with Gasteiger partial charge in [-0.2, -0.15) is 5.10 Å². The van der Waals surface area contributed by atoms with E-state index in [1.807, 2.05) is 11.6 Å². The molecule has 0 bridgehead atoms. The van der Waals surface area contributed by atoms with Crippen LogP contribution in [0.5, 0.6) is 0 Å². The molecule has 1 aliphatic rings.